The first-order valence-electron chi connectivity index (χ1n) is 6.80. The number of aromatic nitrogens is 3. The van der Waals surface area contributed by atoms with E-state index < -0.39 is 0 Å². The van der Waals surface area contributed by atoms with Crippen LogP contribution in [0.25, 0.3) is 11.2 Å². The van der Waals surface area contributed by atoms with Crippen molar-refractivity contribution >= 4 is 38.7 Å². The largest absolute Gasteiger partial charge is 0.381 e. The Bertz CT molecular complexity index is 628. The third kappa shape index (κ3) is 2.47. The Kier molecular flexibility index (Phi) is 4.02. The van der Waals surface area contributed by atoms with E-state index in [9.17, 15) is 0 Å². The van der Waals surface area contributed by atoms with Gasteiger partial charge in [-0.15, -0.1) is 11.6 Å². The van der Waals surface area contributed by atoms with Crippen molar-refractivity contribution in [1.29, 1.82) is 0 Å². The minimum absolute atomic E-state index is 0.135. The maximum atomic E-state index is 6.31. The van der Waals surface area contributed by atoms with Gasteiger partial charge in [-0.25, -0.2) is 9.97 Å². The molecule has 6 heteroatoms. The molecule has 1 fully saturated rings. The summed E-state index contributed by atoms with van der Waals surface area (Å²) >= 11 is 9.76. The molecule has 2 aromatic heterocycles. The number of alkyl halides is 1. The Morgan fingerprint density at radius 1 is 1.50 bits per heavy atom. The van der Waals surface area contributed by atoms with Gasteiger partial charge >= 0.3 is 0 Å². The Morgan fingerprint density at radius 2 is 2.30 bits per heavy atom. The molecule has 4 nitrogen and oxygen atoms in total. The van der Waals surface area contributed by atoms with Gasteiger partial charge in [-0.1, -0.05) is 0 Å². The molecular formula is C14H17BrClN3O. The van der Waals surface area contributed by atoms with Crippen molar-refractivity contribution in [3.8, 4) is 0 Å². The van der Waals surface area contributed by atoms with Gasteiger partial charge in [0.1, 0.15) is 11.3 Å². The Labute approximate surface area is 131 Å². The predicted octanol–water partition coefficient (Wildman–Crippen LogP) is 4.23. The molecule has 2 aromatic rings. The van der Waals surface area contributed by atoms with E-state index in [0.717, 1.165) is 40.7 Å². The standard InChI is InChI=1S/C14H17BrClN3O/c1-8(16)13-18-12-5-9(15)7-17-14(12)19(13)10-3-4-11(6-10)20-2/h5,7-8,10-11H,3-4,6H2,1-2H3. The van der Waals surface area contributed by atoms with Crippen molar-refractivity contribution in [3.05, 3.63) is 22.6 Å². The molecule has 0 saturated heterocycles. The number of fused-ring (bicyclic) bond motifs is 1. The van der Waals surface area contributed by atoms with Crippen molar-refractivity contribution < 1.29 is 4.74 Å². The van der Waals surface area contributed by atoms with E-state index in [2.05, 4.69) is 30.5 Å². The van der Waals surface area contributed by atoms with Crippen LogP contribution in [-0.2, 0) is 4.74 Å². The van der Waals surface area contributed by atoms with E-state index in [1.54, 1.807) is 7.11 Å². The van der Waals surface area contributed by atoms with Crippen LogP contribution in [0.2, 0.25) is 0 Å². The van der Waals surface area contributed by atoms with E-state index in [1.165, 1.54) is 0 Å². The summed E-state index contributed by atoms with van der Waals surface area (Å²) in [5.74, 6) is 0.897. The van der Waals surface area contributed by atoms with Gasteiger partial charge in [0, 0.05) is 23.8 Å². The topological polar surface area (TPSA) is 39.9 Å². The van der Waals surface area contributed by atoms with Crippen LogP contribution in [0.3, 0.4) is 0 Å². The molecule has 1 aliphatic carbocycles. The number of hydrogen-bond donors (Lipinski definition) is 0. The zero-order chi connectivity index (χ0) is 14.3. The number of rotatable bonds is 3. The fourth-order valence-corrected chi connectivity index (χ4v) is 3.45. The zero-order valence-corrected chi connectivity index (χ0v) is 13.9. The highest BCUT2D eigenvalue weighted by molar-refractivity contribution is 9.10. The highest BCUT2D eigenvalue weighted by Crippen LogP contribution is 2.37. The number of imidazole rings is 1. The minimum Gasteiger partial charge on any atom is -0.381 e. The van der Waals surface area contributed by atoms with Crippen LogP contribution in [0.15, 0.2) is 16.7 Å². The summed E-state index contributed by atoms with van der Waals surface area (Å²) in [6, 6.07) is 2.36. The average Bonchev–Trinajstić information content (AvgIpc) is 3.00. The number of pyridine rings is 1. The van der Waals surface area contributed by atoms with Crippen molar-refractivity contribution in [1.82, 2.24) is 14.5 Å². The molecule has 0 spiro atoms. The van der Waals surface area contributed by atoms with Crippen LogP contribution in [0, 0.1) is 0 Å². The molecule has 108 valence electrons. The van der Waals surface area contributed by atoms with E-state index in [1.807, 2.05) is 19.2 Å². The first-order valence-corrected chi connectivity index (χ1v) is 8.03. The first kappa shape index (κ1) is 14.3. The van der Waals surface area contributed by atoms with Crippen molar-refractivity contribution in [3.63, 3.8) is 0 Å². The van der Waals surface area contributed by atoms with Crippen LogP contribution in [0.1, 0.15) is 43.4 Å². The van der Waals surface area contributed by atoms with E-state index in [4.69, 9.17) is 16.3 Å². The fourth-order valence-electron chi connectivity index (χ4n) is 2.98. The van der Waals surface area contributed by atoms with Gasteiger partial charge < -0.3 is 9.30 Å². The summed E-state index contributed by atoms with van der Waals surface area (Å²) in [6.07, 6.45) is 5.29. The predicted molar refractivity (Wildman–Crippen MR) is 83.2 cm³/mol. The van der Waals surface area contributed by atoms with Gasteiger partial charge in [-0.05, 0) is 48.2 Å². The van der Waals surface area contributed by atoms with Crippen LogP contribution >= 0.6 is 27.5 Å². The lowest BCUT2D eigenvalue weighted by Gasteiger charge is -2.17. The van der Waals surface area contributed by atoms with Gasteiger partial charge in [0.2, 0.25) is 0 Å². The number of nitrogens with zero attached hydrogens (tertiary/aromatic N) is 3. The highest BCUT2D eigenvalue weighted by atomic mass is 79.9. The Morgan fingerprint density at radius 3 is 2.95 bits per heavy atom. The van der Waals surface area contributed by atoms with Crippen LogP contribution < -0.4 is 0 Å². The summed E-state index contributed by atoms with van der Waals surface area (Å²) in [5.41, 5.74) is 1.81. The molecule has 0 radical (unpaired) electrons. The smallest absolute Gasteiger partial charge is 0.160 e. The summed E-state index contributed by atoms with van der Waals surface area (Å²) in [7, 11) is 1.78. The lowest BCUT2D eigenvalue weighted by molar-refractivity contribution is 0.106. The Hall–Kier alpha value is -0.650. The molecule has 3 atom stereocenters. The zero-order valence-electron chi connectivity index (χ0n) is 11.5. The van der Waals surface area contributed by atoms with Crippen molar-refractivity contribution in [2.75, 3.05) is 7.11 Å². The van der Waals surface area contributed by atoms with Crippen molar-refractivity contribution in [2.45, 2.75) is 43.7 Å². The second-order valence-electron chi connectivity index (χ2n) is 5.28. The first-order chi connectivity index (χ1) is 9.60. The summed E-state index contributed by atoms with van der Waals surface area (Å²) in [6.45, 7) is 1.96. The summed E-state index contributed by atoms with van der Waals surface area (Å²) in [4.78, 5) is 9.20. The Balaban J connectivity index is 2.10. The molecule has 0 aromatic carbocycles. The number of hydrogen-bond acceptors (Lipinski definition) is 3. The molecule has 1 aliphatic rings. The molecule has 2 heterocycles. The van der Waals surface area contributed by atoms with Gasteiger partial charge in [0.05, 0.1) is 11.5 Å². The molecular weight excluding hydrogens is 342 g/mol. The molecule has 0 amide bonds. The summed E-state index contributed by atoms with van der Waals surface area (Å²) in [5, 5.41) is -0.135. The quantitative estimate of drug-likeness (QED) is 0.771. The van der Waals surface area contributed by atoms with Gasteiger partial charge in [0.15, 0.2) is 5.65 Å². The minimum atomic E-state index is -0.135. The SMILES string of the molecule is COC1CCC(n2c(C(C)Cl)nc3cc(Br)cnc32)C1. The third-order valence-electron chi connectivity index (χ3n) is 3.93. The molecule has 3 rings (SSSR count). The third-order valence-corrected chi connectivity index (χ3v) is 4.56. The number of halogens is 2. The number of methoxy groups -OCH3 is 1. The molecule has 3 unspecified atom stereocenters. The lowest BCUT2D eigenvalue weighted by Crippen LogP contribution is -2.12. The van der Waals surface area contributed by atoms with Crippen LogP contribution in [-0.4, -0.2) is 27.7 Å². The fraction of sp³-hybridized carbons (Fsp3) is 0.571. The maximum Gasteiger partial charge on any atom is 0.160 e. The van der Waals surface area contributed by atoms with Gasteiger partial charge in [0.25, 0.3) is 0 Å². The second kappa shape index (κ2) is 5.62. The van der Waals surface area contributed by atoms with Gasteiger partial charge in [-0.3, -0.25) is 0 Å². The molecule has 0 N–H and O–H groups in total. The normalized spacial score (nSPS) is 24.4. The molecule has 1 saturated carbocycles. The maximum absolute atomic E-state index is 6.31. The lowest BCUT2D eigenvalue weighted by atomic mass is 10.2. The van der Waals surface area contributed by atoms with Gasteiger partial charge in [-0.2, -0.15) is 0 Å². The summed E-state index contributed by atoms with van der Waals surface area (Å²) < 4.78 is 8.62. The monoisotopic (exact) mass is 357 g/mol. The highest BCUT2D eigenvalue weighted by Gasteiger charge is 2.30. The van der Waals surface area contributed by atoms with E-state index >= 15 is 0 Å². The van der Waals surface area contributed by atoms with Crippen LogP contribution in [0.5, 0.6) is 0 Å². The van der Waals surface area contributed by atoms with E-state index in [-0.39, 0.29) is 5.38 Å². The average molecular weight is 359 g/mol. The molecule has 20 heavy (non-hydrogen) atoms. The van der Waals surface area contributed by atoms with Crippen molar-refractivity contribution in [2.24, 2.45) is 0 Å². The molecule has 0 bridgehead atoms. The molecule has 0 aliphatic heterocycles. The van der Waals surface area contributed by atoms with E-state index in [0.29, 0.717) is 12.1 Å². The number of ether oxygens (including phenoxy) is 1. The van der Waals surface area contributed by atoms with Crippen LogP contribution in [0.4, 0.5) is 0 Å². The second-order valence-corrected chi connectivity index (χ2v) is 6.85.